The lowest BCUT2D eigenvalue weighted by Crippen LogP contribution is -2.11. The lowest BCUT2D eigenvalue weighted by atomic mass is 10.1. The summed E-state index contributed by atoms with van der Waals surface area (Å²) in [6, 6.07) is 0. The minimum absolute atomic E-state index is 0.204. The molecule has 0 aliphatic carbocycles. The molecule has 1 atom stereocenters. The van der Waals surface area contributed by atoms with Crippen LogP contribution in [0, 0.1) is 0 Å². The minimum Gasteiger partial charge on any atom is -0.384 e. The van der Waals surface area contributed by atoms with E-state index in [4.69, 9.17) is 4.74 Å². The van der Waals surface area contributed by atoms with E-state index in [0.717, 1.165) is 34.7 Å². The zero-order valence-corrected chi connectivity index (χ0v) is 12.5. The lowest BCUT2D eigenvalue weighted by Gasteiger charge is -2.14. The van der Waals surface area contributed by atoms with E-state index in [1.165, 1.54) is 0 Å². The fourth-order valence-electron chi connectivity index (χ4n) is 1.63. The Morgan fingerprint density at radius 1 is 1.41 bits per heavy atom. The first-order chi connectivity index (χ1) is 8.13. The normalized spacial score (nSPS) is 12.5. The molecular weight excluding hydrogens is 282 g/mol. The Labute approximate surface area is 111 Å². The van der Waals surface area contributed by atoms with E-state index in [-0.39, 0.29) is 5.92 Å². The Morgan fingerprint density at radius 2 is 2.12 bits per heavy atom. The van der Waals surface area contributed by atoms with Crippen LogP contribution in [0.25, 0.3) is 0 Å². The molecule has 17 heavy (non-hydrogen) atoms. The smallest absolute Gasteiger partial charge is 0.144 e. The summed E-state index contributed by atoms with van der Waals surface area (Å²) in [6.07, 6.45) is 2.02. The number of nitrogens with zero attached hydrogens (tertiary/aromatic N) is 2. The van der Waals surface area contributed by atoms with E-state index in [1.807, 2.05) is 7.05 Å². The second-order valence-electron chi connectivity index (χ2n) is 4.05. The van der Waals surface area contributed by atoms with Gasteiger partial charge in [0.2, 0.25) is 0 Å². The number of methoxy groups -OCH3 is 1. The first-order valence-corrected chi connectivity index (χ1v) is 6.66. The SMILES string of the molecule is CCCc1nc(C(C)COC)nc(NC)c1Br. The van der Waals surface area contributed by atoms with Crippen LogP contribution in [0.1, 0.15) is 37.7 Å². The first kappa shape index (κ1) is 14.4. The minimum atomic E-state index is 0.204. The Hall–Kier alpha value is -0.680. The van der Waals surface area contributed by atoms with Crippen LogP contribution in [-0.2, 0) is 11.2 Å². The van der Waals surface area contributed by atoms with Crippen molar-refractivity contribution in [1.82, 2.24) is 9.97 Å². The molecule has 0 aliphatic heterocycles. The van der Waals surface area contributed by atoms with Gasteiger partial charge in [-0.2, -0.15) is 0 Å². The van der Waals surface area contributed by atoms with E-state index < -0.39 is 0 Å². The second kappa shape index (κ2) is 6.91. The summed E-state index contributed by atoms with van der Waals surface area (Å²) in [5, 5.41) is 3.09. The molecule has 0 fully saturated rings. The summed E-state index contributed by atoms with van der Waals surface area (Å²) in [6.45, 7) is 4.85. The van der Waals surface area contributed by atoms with Crippen molar-refractivity contribution >= 4 is 21.7 Å². The van der Waals surface area contributed by atoms with Crippen LogP contribution < -0.4 is 5.32 Å². The van der Waals surface area contributed by atoms with Crippen molar-refractivity contribution in [3.05, 3.63) is 16.0 Å². The summed E-state index contributed by atoms with van der Waals surface area (Å²) in [4.78, 5) is 9.11. The Balaban J connectivity index is 3.10. The summed E-state index contributed by atoms with van der Waals surface area (Å²) in [7, 11) is 3.56. The highest BCUT2D eigenvalue weighted by molar-refractivity contribution is 9.10. The predicted octanol–water partition coefficient (Wildman–Crippen LogP) is 2.98. The number of ether oxygens (including phenoxy) is 1. The van der Waals surface area contributed by atoms with Gasteiger partial charge in [0.25, 0.3) is 0 Å². The molecule has 1 heterocycles. The maximum atomic E-state index is 5.15. The van der Waals surface area contributed by atoms with Crippen molar-refractivity contribution in [1.29, 1.82) is 0 Å². The molecule has 1 aromatic rings. The molecule has 0 radical (unpaired) electrons. The van der Waals surface area contributed by atoms with Gasteiger partial charge in [-0.25, -0.2) is 9.97 Å². The van der Waals surface area contributed by atoms with E-state index in [0.29, 0.717) is 6.61 Å². The van der Waals surface area contributed by atoms with E-state index >= 15 is 0 Å². The molecule has 0 amide bonds. The third-order valence-electron chi connectivity index (χ3n) is 2.52. The maximum absolute atomic E-state index is 5.15. The van der Waals surface area contributed by atoms with Gasteiger partial charge in [-0.1, -0.05) is 20.3 Å². The fourth-order valence-corrected chi connectivity index (χ4v) is 2.20. The van der Waals surface area contributed by atoms with Crippen LogP contribution in [-0.4, -0.2) is 30.7 Å². The zero-order chi connectivity index (χ0) is 12.8. The number of rotatable bonds is 6. The highest BCUT2D eigenvalue weighted by Crippen LogP contribution is 2.26. The highest BCUT2D eigenvalue weighted by atomic mass is 79.9. The van der Waals surface area contributed by atoms with Gasteiger partial charge in [-0.15, -0.1) is 0 Å². The average molecular weight is 302 g/mol. The number of hydrogen-bond donors (Lipinski definition) is 1. The topological polar surface area (TPSA) is 47.0 Å². The molecule has 0 aromatic carbocycles. The van der Waals surface area contributed by atoms with Crippen LogP contribution >= 0.6 is 15.9 Å². The van der Waals surface area contributed by atoms with Gasteiger partial charge in [-0.05, 0) is 22.4 Å². The van der Waals surface area contributed by atoms with Crippen molar-refractivity contribution in [3.63, 3.8) is 0 Å². The number of hydrogen-bond acceptors (Lipinski definition) is 4. The third kappa shape index (κ3) is 3.64. The molecule has 1 unspecified atom stereocenters. The zero-order valence-electron chi connectivity index (χ0n) is 10.9. The van der Waals surface area contributed by atoms with Crippen molar-refractivity contribution < 1.29 is 4.74 Å². The van der Waals surface area contributed by atoms with Gasteiger partial charge in [0.05, 0.1) is 16.8 Å². The van der Waals surface area contributed by atoms with Gasteiger partial charge in [-0.3, -0.25) is 0 Å². The molecular formula is C12H20BrN3O. The van der Waals surface area contributed by atoms with Crippen LogP contribution in [0.3, 0.4) is 0 Å². The molecule has 1 N–H and O–H groups in total. The maximum Gasteiger partial charge on any atom is 0.144 e. The summed E-state index contributed by atoms with van der Waals surface area (Å²) in [5.41, 5.74) is 1.06. The highest BCUT2D eigenvalue weighted by Gasteiger charge is 2.15. The monoisotopic (exact) mass is 301 g/mol. The van der Waals surface area contributed by atoms with Crippen LogP contribution in [0.15, 0.2) is 4.47 Å². The number of anilines is 1. The molecule has 0 bridgehead atoms. The second-order valence-corrected chi connectivity index (χ2v) is 4.84. The van der Waals surface area contributed by atoms with Crippen molar-refractivity contribution in [3.8, 4) is 0 Å². The molecule has 0 aliphatic rings. The number of aryl methyl sites for hydroxylation is 1. The first-order valence-electron chi connectivity index (χ1n) is 5.87. The van der Waals surface area contributed by atoms with Crippen LogP contribution in [0.5, 0.6) is 0 Å². The molecule has 96 valence electrons. The third-order valence-corrected chi connectivity index (χ3v) is 3.35. The summed E-state index contributed by atoms with van der Waals surface area (Å²) >= 11 is 3.55. The van der Waals surface area contributed by atoms with Gasteiger partial charge in [0.15, 0.2) is 0 Å². The number of halogens is 1. The Bertz CT molecular complexity index is 371. The predicted molar refractivity (Wildman–Crippen MR) is 73.6 cm³/mol. The quantitative estimate of drug-likeness (QED) is 0.877. The van der Waals surface area contributed by atoms with Crippen molar-refractivity contribution in [2.45, 2.75) is 32.6 Å². The van der Waals surface area contributed by atoms with Gasteiger partial charge in [0, 0.05) is 20.1 Å². The summed E-state index contributed by atoms with van der Waals surface area (Å²) < 4.78 is 6.12. The van der Waals surface area contributed by atoms with Gasteiger partial charge < -0.3 is 10.1 Å². The molecule has 0 saturated heterocycles. The Morgan fingerprint density at radius 3 is 2.65 bits per heavy atom. The van der Waals surface area contributed by atoms with Gasteiger partial charge >= 0.3 is 0 Å². The lowest BCUT2D eigenvalue weighted by molar-refractivity contribution is 0.181. The molecule has 0 spiro atoms. The van der Waals surface area contributed by atoms with Gasteiger partial charge in [0.1, 0.15) is 11.6 Å². The van der Waals surface area contributed by atoms with Crippen LogP contribution in [0.4, 0.5) is 5.82 Å². The standard InChI is InChI=1S/C12H20BrN3O/c1-5-6-9-10(13)12(14-3)16-11(15-9)8(2)7-17-4/h8H,5-7H2,1-4H3,(H,14,15,16). The molecule has 4 nitrogen and oxygen atoms in total. The van der Waals surface area contributed by atoms with Crippen molar-refractivity contribution in [2.24, 2.45) is 0 Å². The van der Waals surface area contributed by atoms with Crippen molar-refractivity contribution in [2.75, 3.05) is 26.1 Å². The molecule has 1 aromatic heterocycles. The van der Waals surface area contributed by atoms with Crippen LogP contribution in [0.2, 0.25) is 0 Å². The largest absolute Gasteiger partial charge is 0.384 e. The average Bonchev–Trinajstić information content (AvgIpc) is 2.32. The fraction of sp³-hybridized carbons (Fsp3) is 0.667. The Kier molecular flexibility index (Phi) is 5.85. The van der Waals surface area contributed by atoms with E-state index in [2.05, 4.69) is 45.1 Å². The molecule has 1 rings (SSSR count). The molecule has 0 saturated carbocycles. The van der Waals surface area contributed by atoms with E-state index in [1.54, 1.807) is 7.11 Å². The number of aromatic nitrogens is 2. The number of nitrogens with one attached hydrogen (secondary N) is 1. The molecule has 5 heteroatoms. The summed E-state index contributed by atoms with van der Waals surface area (Å²) in [5.74, 6) is 1.89. The van der Waals surface area contributed by atoms with E-state index in [9.17, 15) is 0 Å².